The lowest BCUT2D eigenvalue weighted by atomic mass is 10.1. The van der Waals surface area contributed by atoms with Crippen molar-refractivity contribution in [1.82, 2.24) is 20.2 Å². The summed E-state index contributed by atoms with van der Waals surface area (Å²) in [6, 6.07) is 3.73. The molecule has 27 heavy (non-hydrogen) atoms. The van der Waals surface area contributed by atoms with Gasteiger partial charge in [0.15, 0.2) is 5.11 Å². The maximum Gasteiger partial charge on any atom is 0.223 e. The molecule has 1 amide bonds. The van der Waals surface area contributed by atoms with Crippen molar-refractivity contribution in [2.45, 2.75) is 13.3 Å². The number of hydrogen-bond donors (Lipinski definition) is 1. The molecule has 146 valence electrons. The first-order chi connectivity index (χ1) is 13.1. The highest BCUT2D eigenvalue weighted by molar-refractivity contribution is 7.80. The molecule has 8 nitrogen and oxygen atoms in total. The average Bonchev–Trinajstić information content (AvgIpc) is 2.70. The largest absolute Gasteiger partial charge is 0.383 e. The van der Waals surface area contributed by atoms with E-state index in [-0.39, 0.29) is 5.91 Å². The van der Waals surface area contributed by atoms with E-state index in [1.165, 1.54) is 0 Å². The van der Waals surface area contributed by atoms with Gasteiger partial charge < -0.3 is 14.5 Å². The normalized spacial score (nSPS) is 19.1. The van der Waals surface area contributed by atoms with Gasteiger partial charge in [-0.25, -0.2) is 0 Å². The standard InChI is InChI=1S/C18H26N6O2S/c1-14(25)24-7-5-15(17-16(24)4-3-6-19-17)20-21-18(27)23-10-8-22(9-11-23)12-13-26-2/h3-4,6H,5,7-13H2,1-2H3,(H,21,27)/b20-15-. The molecule has 3 rings (SSSR count). The van der Waals surface area contributed by atoms with Gasteiger partial charge in [-0.2, -0.15) is 5.10 Å². The Hall–Kier alpha value is -2.10. The van der Waals surface area contributed by atoms with Gasteiger partial charge in [-0.1, -0.05) is 0 Å². The number of nitrogens with zero attached hydrogens (tertiary/aromatic N) is 5. The molecular formula is C18H26N6O2S. The van der Waals surface area contributed by atoms with E-state index in [9.17, 15) is 4.79 Å². The Balaban J connectivity index is 1.60. The number of ether oxygens (including phenoxy) is 1. The molecule has 0 unspecified atom stereocenters. The zero-order valence-corrected chi connectivity index (χ0v) is 16.7. The summed E-state index contributed by atoms with van der Waals surface area (Å²) in [7, 11) is 1.72. The van der Waals surface area contributed by atoms with Crippen LogP contribution in [-0.2, 0) is 9.53 Å². The summed E-state index contributed by atoms with van der Waals surface area (Å²) in [6.07, 6.45) is 2.36. The Morgan fingerprint density at radius 1 is 1.33 bits per heavy atom. The number of piperazine rings is 1. The number of carbonyl (C=O) groups excluding carboxylic acids is 1. The van der Waals surface area contributed by atoms with Crippen LogP contribution in [0.15, 0.2) is 23.4 Å². The second-order valence-electron chi connectivity index (χ2n) is 6.59. The SMILES string of the molecule is COCCN1CCN(C(=S)N/N=C2/CCN(C(C)=O)c3cccnc32)CC1. The highest BCUT2D eigenvalue weighted by Crippen LogP contribution is 2.25. The van der Waals surface area contributed by atoms with Crippen LogP contribution in [0.2, 0.25) is 0 Å². The first-order valence-corrected chi connectivity index (χ1v) is 9.57. The zero-order valence-electron chi connectivity index (χ0n) is 15.8. The number of fused-ring (bicyclic) bond motifs is 1. The van der Waals surface area contributed by atoms with Crippen LogP contribution in [0.4, 0.5) is 5.69 Å². The highest BCUT2D eigenvalue weighted by atomic mass is 32.1. The van der Waals surface area contributed by atoms with E-state index in [1.807, 2.05) is 12.1 Å². The van der Waals surface area contributed by atoms with Gasteiger partial charge in [0.2, 0.25) is 5.91 Å². The molecule has 0 bridgehead atoms. The van der Waals surface area contributed by atoms with Crippen LogP contribution in [0.25, 0.3) is 0 Å². The van der Waals surface area contributed by atoms with Gasteiger partial charge >= 0.3 is 0 Å². The van der Waals surface area contributed by atoms with E-state index in [0.717, 1.165) is 56.4 Å². The summed E-state index contributed by atoms with van der Waals surface area (Å²) in [5.41, 5.74) is 5.38. The number of amides is 1. The third kappa shape index (κ3) is 4.79. The number of rotatable bonds is 4. The lowest BCUT2D eigenvalue weighted by Crippen LogP contribution is -2.51. The predicted octanol–water partition coefficient (Wildman–Crippen LogP) is 0.681. The molecule has 0 radical (unpaired) electrons. The Kier molecular flexibility index (Phi) is 6.70. The van der Waals surface area contributed by atoms with Crippen molar-refractivity contribution < 1.29 is 9.53 Å². The zero-order chi connectivity index (χ0) is 19.2. The lowest BCUT2D eigenvalue weighted by Gasteiger charge is -2.35. The minimum atomic E-state index is 0.0122. The highest BCUT2D eigenvalue weighted by Gasteiger charge is 2.25. The van der Waals surface area contributed by atoms with E-state index in [4.69, 9.17) is 17.0 Å². The fraction of sp³-hybridized carbons (Fsp3) is 0.556. The average molecular weight is 391 g/mol. The maximum atomic E-state index is 11.8. The molecule has 0 saturated carbocycles. The third-order valence-electron chi connectivity index (χ3n) is 4.86. The molecule has 2 aliphatic heterocycles. The number of methoxy groups -OCH3 is 1. The number of nitrogens with one attached hydrogen (secondary N) is 1. The smallest absolute Gasteiger partial charge is 0.223 e. The van der Waals surface area contributed by atoms with Crippen molar-refractivity contribution in [2.24, 2.45) is 5.10 Å². The van der Waals surface area contributed by atoms with Crippen LogP contribution in [0.1, 0.15) is 19.0 Å². The topological polar surface area (TPSA) is 73.3 Å². The summed E-state index contributed by atoms with van der Waals surface area (Å²) >= 11 is 5.51. The van der Waals surface area contributed by atoms with E-state index < -0.39 is 0 Å². The molecular weight excluding hydrogens is 364 g/mol. The molecule has 1 saturated heterocycles. The van der Waals surface area contributed by atoms with E-state index in [0.29, 0.717) is 18.1 Å². The lowest BCUT2D eigenvalue weighted by molar-refractivity contribution is -0.116. The van der Waals surface area contributed by atoms with Crippen molar-refractivity contribution in [1.29, 1.82) is 0 Å². The van der Waals surface area contributed by atoms with Gasteiger partial charge in [-0.15, -0.1) is 0 Å². The second-order valence-corrected chi connectivity index (χ2v) is 6.98. The number of carbonyl (C=O) groups is 1. The molecule has 2 aliphatic rings. The summed E-state index contributed by atoms with van der Waals surface area (Å²) in [4.78, 5) is 22.5. The molecule has 1 N–H and O–H groups in total. The van der Waals surface area contributed by atoms with Crippen LogP contribution in [0, 0.1) is 0 Å². The van der Waals surface area contributed by atoms with Crippen molar-refractivity contribution in [3.63, 3.8) is 0 Å². The number of hydrogen-bond acceptors (Lipinski definition) is 6. The molecule has 0 aromatic carbocycles. The Labute approximate surface area is 165 Å². The fourth-order valence-electron chi connectivity index (χ4n) is 3.31. The molecule has 0 aliphatic carbocycles. The monoisotopic (exact) mass is 390 g/mol. The Morgan fingerprint density at radius 3 is 2.81 bits per heavy atom. The number of aromatic nitrogens is 1. The van der Waals surface area contributed by atoms with Crippen LogP contribution in [0.3, 0.4) is 0 Å². The van der Waals surface area contributed by atoms with E-state index in [1.54, 1.807) is 25.1 Å². The van der Waals surface area contributed by atoms with Crippen molar-refractivity contribution in [2.75, 3.05) is 57.9 Å². The summed E-state index contributed by atoms with van der Waals surface area (Å²) < 4.78 is 5.13. The van der Waals surface area contributed by atoms with Gasteiger partial charge in [0.05, 0.1) is 18.0 Å². The van der Waals surface area contributed by atoms with Crippen LogP contribution in [-0.4, -0.2) is 84.5 Å². The maximum absolute atomic E-state index is 11.8. The molecule has 9 heteroatoms. The van der Waals surface area contributed by atoms with Gasteiger partial charge in [0.25, 0.3) is 0 Å². The summed E-state index contributed by atoms with van der Waals surface area (Å²) in [5, 5.41) is 5.14. The van der Waals surface area contributed by atoms with Gasteiger partial charge in [-0.05, 0) is 24.4 Å². The van der Waals surface area contributed by atoms with Gasteiger partial charge in [-0.3, -0.25) is 20.1 Å². The second kappa shape index (κ2) is 9.20. The van der Waals surface area contributed by atoms with Gasteiger partial charge in [0.1, 0.15) is 5.69 Å². The molecule has 1 fully saturated rings. The summed E-state index contributed by atoms with van der Waals surface area (Å²) in [5.74, 6) is 0.0122. The number of anilines is 1. The molecule has 1 aromatic rings. The Bertz CT molecular complexity index is 718. The quantitative estimate of drug-likeness (QED) is 0.599. The first kappa shape index (κ1) is 19.7. The molecule has 0 spiro atoms. The van der Waals surface area contributed by atoms with Gasteiger partial charge in [0, 0.05) is 65.9 Å². The minimum absolute atomic E-state index is 0.0122. The van der Waals surface area contributed by atoms with Crippen LogP contribution < -0.4 is 10.3 Å². The molecule has 3 heterocycles. The minimum Gasteiger partial charge on any atom is -0.383 e. The Morgan fingerprint density at radius 2 is 2.11 bits per heavy atom. The number of thiocarbonyl (C=S) groups is 1. The molecule has 0 atom stereocenters. The predicted molar refractivity (Wildman–Crippen MR) is 109 cm³/mol. The van der Waals surface area contributed by atoms with Crippen molar-refractivity contribution in [3.05, 3.63) is 24.0 Å². The van der Waals surface area contributed by atoms with E-state index >= 15 is 0 Å². The summed E-state index contributed by atoms with van der Waals surface area (Å²) in [6.45, 7) is 7.51. The first-order valence-electron chi connectivity index (χ1n) is 9.16. The van der Waals surface area contributed by atoms with Crippen LogP contribution >= 0.6 is 12.2 Å². The number of pyridine rings is 1. The van der Waals surface area contributed by atoms with Crippen LogP contribution in [0.5, 0.6) is 0 Å². The molecule has 1 aromatic heterocycles. The fourth-order valence-corrected chi connectivity index (χ4v) is 3.54. The number of hydrazone groups is 1. The van der Waals surface area contributed by atoms with E-state index in [2.05, 4.69) is 25.3 Å². The third-order valence-corrected chi connectivity index (χ3v) is 5.21. The van der Waals surface area contributed by atoms with Crippen molar-refractivity contribution >= 4 is 34.6 Å². The van der Waals surface area contributed by atoms with Crippen molar-refractivity contribution in [3.8, 4) is 0 Å².